The van der Waals surface area contributed by atoms with Gasteiger partial charge in [-0.05, 0) is 41.5 Å². The lowest BCUT2D eigenvalue weighted by atomic mass is 10.1. The Kier molecular flexibility index (Phi) is 7.31. The van der Waals surface area contributed by atoms with E-state index in [4.69, 9.17) is 15.2 Å². The number of nitrogens with one attached hydrogen (secondary N) is 1. The van der Waals surface area contributed by atoms with Gasteiger partial charge in [0.05, 0.1) is 18.5 Å². The first kappa shape index (κ1) is 22.2. The highest BCUT2D eigenvalue weighted by Crippen LogP contribution is 2.29. The molecule has 0 aliphatic rings. The maximum Gasteiger partial charge on any atom is 0.311 e. The molecular weight excluding hydrogens is 414 g/mol. The smallest absolute Gasteiger partial charge is 0.311 e. The van der Waals surface area contributed by atoms with E-state index in [0.717, 1.165) is 5.56 Å². The van der Waals surface area contributed by atoms with Crippen LogP contribution in [0.2, 0.25) is 0 Å². The molecular formula is C22H21N5O5. The summed E-state index contributed by atoms with van der Waals surface area (Å²) < 4.78 is 10.7. The molecule has 1 aromatic heterocycles. The van der Waals surface area contributed by atoms with Crippen molar-refractivity contribution in [2.75, 3.05) is 7.11 Å². The van der Waals surface area contributed by atoms with Crippen molar-refractivity contribution in [2.24, 2.45) is 10.8 Å². The van der Waals surface area contributed by atoms with Crippen LogP contribution in [0.3, 0.4) is 0 Å². The summed E-state index contributed by atoms with van der Waals surface area (Å²) in [5, 5.41) is 15.3. The van der Waals surface area contributed by atoms with Crippen LogP contribution in [-0.4, -0.2) is 28.8 Å². The topological polar surface area (TPSA) is 142 Å². The highest BCUT2D eigenvalue weighted by molar-refractivity contribution is 5.97. The number of carbonyl (C=O) groups excluding carboxylic acids is 1. The Morgan fingerprint density at radius 1 is 1.12 bits per heavy atom. The van der Waals surface area contributed by atoms with Crippen molar-refractivity contribution in [3.63, 3.8) is 0 Å². The zero-order chi connectivity index (χ0) is 22.9. The third kappa shape index (κ3) is 6.02. The third-order valence-corrected chi connectivity index (χ3v) is 4.42. The summed E-state index contributed by atoms with van der Waals surface area (Å²) in [5.74, 6) is 0.460. The second-order valence-corrected chi connectivity index (χ2v) is 6.64. The molecule has 10 nitrogen and oxygen atoms in total. The SMILES string of the molecule is COc1ccc(COc2ccc(CC(=O)N/N=C(\N)c3ccncc3)cc2[N+](=O)[O-])cc1. The van der Waals surface area contributed by atoms with Crippen LogP contribution in [0.4, 0.5) is 5.69 Å². The van der Waals surface area contributed by atoms with Crippen LogP contribution in [0, 0.1) is 10.1 Å². The third-order valence-electron chi connectivity index (χ3n) is 4.42. The lowest BCUT2D eigenvalue weighted by molar-refractivity contribution is -0.386. The van der Waals surface area contributed by atoms with Gasteiger partial charge in [0.1, 0.15) is 12.4 Å². The monoisotopic (exact) mass is 435 g/mol. The number of hydrogen-bond donors (Lipinski definition) is 2. The summed E-state index contributed by atoms with van der Waals surface area (Å²) in [6, 6.07) is 14.8. The van der Waals surface area contributed by atoms with E-state index in [1.807, 2.05) is 12.1 Å². The molecule has 0 unspecified atom stereocenters. The van der Waals surface area contributed by atoms with Gasteiger partial charge in [-0.2, -0.15) is 5.10 Å². The van der Waals surface area contributed by atoms with Gasteiger partial charge in [-0.1, -0.05) is 18.2 Å². The molecule has 10 heteroatoms. The van der Waals surface area contributed by atoms with Crippen molar-refractivity contribution in [3.05, 3.63) is 93.8 Å². The maximum atomic E-state index is 12.2. The second kappa shape index (κ2) is 10.5. The second-order valence-electron chi connectivity index (χ2n) is 6.64. The van der Waals surface area contributed by atoms with Crippen LogP contribution in [0.25, 0.3) is 0 Å². The number of carbonyl (C=O) groups is 1. The first-order chi connectivity index (χ1) is 15.5. The normalized spacial score (nSPS) is 11.0. The van der Waals surface area contributed by atoms with Gasteiger partial charge >= 0.3 is 5.69 Å². The quantitative estimate of drug-likeness (QED) is 0.228. The number of nitrogens with zero attached hydrogens (tertiary/aromatic N) is 3. The molecule has 0 bridgehead atoms. The van der Waals surface area contributed by atoms with Crippen LogP contribution in [-0.2, 0) is 17.8 Å². The van der Waals surface area contributed by atoms with E-state index in [-0.39, 0.29) is 30.3 Å². The molecule has 0 saturated heterocycles. The number of ether oxygens (including phenoxy) is 2. The van der Waals surface area contributed by atoms with Crippen LogP contribution >= 0.6 is 0 Å². The van der Waals surface area contributed by atoms with Crippen LogP contribution in [0.15, 0.2) is 72.1 Å². The van der Waals surface area contributed by atoms with Crippen molar-refractivity contribution in [1.82, 2.24) is 10.4 Å². The minimum Gasteiger partial charge on any atom is -0.497 e. The van der Waals surface area contributed by atoms with Crippen LogP contribution in [0.5, 0.6) is 11.5 Å². The Labute approximate surface area is 183 Å². The van der Waals surface area contributed by atoms with E-state index in [1.165, 1.54) is 12.1 Å². The molecule has 0 aliphatic carbocycles. The molecule has 3 N–H and O–H groups in total. The minimum atomic E-state index is -0.551. The number of amidine groups is 1. The number of nitrogens with two attached hydrogens (primary N) is 1. The largest absolute Gasteiger partial charge is 0.497 e. The molecule has 2 aromatic carbocycles. The van der Waals surface area contributed by atoms with Gasteiger partial charge in [-0.3, -0.25) is 19.9 Å². The van der Waals surface area contributed by atoms with E-state index < -0.39 is 10.8 Å². The standard InChI is InChI=1S/C22H21N5O5/c1-31-18-5-2-15(3-6-18)14-32-20-7-4-16(12-19(20)27(29)30)13-21(28)25-26-22(23)17-8-10-24-11-9-17/h2-12H,13-14H2,1H3,(H2,23,26)(H,25,28). The Balaban J connectivity index is 1.64. The number of aromatic nitrogens is 1. The van der Waals surface area contributed by atoms with Gasteiger partial charge < -0.3 is 15.2 Å². The average molecular weight is 435 g/mol. The fourth-order valence-electron chi connectivity index (χ4n) is 2.76. The molecule has 32 heavy (non-hydrogen) atoms. The van der Waals surface area contributed by atoms with Crippen molar-refractivity contribution in [2.45, 2.75) is 13.0 Å². The molecule has 0 fully saturated rings. The molecule has 0 atom stereocenters. The summed E-state index contributed by atoms with van der Waals surface area (Å²) >= 11 is 0. The number of pyridine rings is 1. The Bertz CT molecular complexity index is 1120. The van der Waals surface area contributed by atoms with Crippen molar-refractivity contribution in [1.29, 1.82) is 0 Å². The number of rotatable bonds is 9. The number of nitro benzene ring substituents is 1. The molecule has 0 spiro atoms. The fourth-order valence-corrected chi connectivity index (χ4v) is 2.76. The van der Waals surface area contributed by atoms with Crippen LogP contribution in [0.1, 0.15) is 16.7 Å². The summed E-state index contributed by atoms with van der Waals surface area (Å²) in [4.78, 5) is 27.0. The number of methoxy groups -OCH3 is 1. The van der Waals surface area contributed by atoms with E-state index in [9.17, 15) is 14.9 Å². The van der Waals surface area contributed by atoms with Crippen molar-refractivity contribution < 1.29 is 19.2 Å². The van der Waals surface area contributed by atoms with E-state index in [2.05, 4.69) is 15.5 Å². The van der Waals surface area contributed by atoms with Crippen molar-refractivity contribution >= 4 is 17.4 Å². The molecule has 1 amide bonds. The van der Waals surface area contributed by atoms with E-state index in [0.29, 0.717) is 16.9 Å². The van der Waals surface area contributed by atoms with Crippen molar-refractivity contribution in [3.8, 4) is 11.5 Å². The number of amides is 1. The van der Waals surface area contributed by atoms with E-state index in [1.54, 1.807) is 49.8 Å². The zero-order valence-corrected chi connectivity index (χ0v) is 17.2. The highest BCUT2D eigenvalue weighted by atomic mass is 16.6. The average Bonchev–Trinajstić information content (AvgIpc) is 2.82. The Morgan fingerprint density at radius 3 is 2.47 bits per heavy atom. The predicted octanol–water partition coefficient (Wildman–Crippen LogP) is 2.56. The summed E-state index contributed by atoms with van der Waals surface area (Å²) in [6.07, 6.45) is 2.99. The molecule has 0 aliphatic heterocycles. The molecule has 164 valence electrons. The molecule has 3 rings (SSSR count). The van der Waals surface area contributed by atoms with Gasteiger partial charge in [0, 0.05) is 24.0 Å². The van der Waals surface area contributed by atoms with Crippen LogP contribution < -0.4 is 20.6 Å². The molecule has 0 radical (unpaired) electrons. The van der Waals surface area contributed by atoms with Gasteiger partial charge in [-0.25, -0.2) is 5.43 Å². The zero-order valence-electron chi connectivity index (χ0n) is 17.2. The van der Waals surface area contributed by atoms with Gasteiger partial charge in [0.2, 0.25) is 5.91 Å². The van der Waals surface area contributed by atoms with Gasteiger partial charge in [0.25, 0.3) is 0 Å². The molecule has 1 heterocycles. The first-order valence-electron chi connectivity index (χ1n) is 9.51. The number of nitro groups is 1. The lowest BCUT2D eigenvalue weighted by Gasteiger charge is -2.09. The summed E-state index contributed by atoms with van der Waals surface area (Å²) in [7, 11) is 1.57. The maximum absolute atomic E-state index is 12.2. The fraction of sp³-hybridized carbons (Fsp3) is 0.136. The van der Waals surface area contributed by atoms with E-state index >= 15 is 0 Å². The highest BCUT2D eigenvalue weighted by Gasteiger charge is 2.17. The molecule has 0 saturated carbocycles. The summed E-state index contributed by atoms with van der Waals surface area (Å²) in [5.41, 5.74) is 9.79. The summed E-state index contributed by atoms with van der Waals surface area (Å²) in [6.45, 7) is 0.146. The lowest BCUT2D eigenvalue weighted by Crippen LogP contribution is -2.25. The first-order valence-corrected chi connectivity index (χ1v) is 9.51. The Morgan fingerprint density at radius 2 is 1.81 bits per heavy atom. The predicted molar refractivity (Wildman–Crippen MR) is 117 cm³/mol. The minimum absolute atomic E-state index is 0.106. The number of hydrogen-bond acceptors (Lipinski definition) is 7. The Hall–Kier alpha value is -4.47. The van der Waals surface area contributed by atoms with Gasteiger partial charge in [0.15, 0.2) is 11.6 Å². The number of hydrazone groups is 1. The number of benzene rings is 2. The van der Waals surface area contributed by atoms with Gasteiger partial charge in [-0.15, -0.1) is 0 Å². The molecule has 3 aromatic rings.